The van der Waals surface area contributed by atoms with Gasteiger partial charge in [0.2, 0.25) is 0 Å². The average Bonchev–Trinajstić information content (AvgIpc) is 2.52. The Hall–Kier alpha value is -1.96. The Kier molecular flexibility index (Phi) is 6.05. The van der Waals surface area contributed by atoms with Crippen LogP contribution in [0.5, 0.6) is 11.5 Å². The second-order valence-corrected chi connectivity index (χ2v) is 8.80. The van der Waals surface area contributed by atoms with Crippen molar-refractivity contribution in [1.82, 2.24) is 0 Å². The normalized spacial score (nSPS) is 13.0. The molecule has 2 aromatic carbocycles. The van der Waals surface area contributed by atoms with E-state index >= 15 is 0 Å². The molecule has 0 radical (unpaired) electrons. The predicted molar refractivity (Wildman–Crippen MR) is 111 cm³/mol. The van der Waals surface area contributed by atoms with Crippen molar-refractivity contribution in [1.29, 1.82) is 0 Å². The lowest BCUT2D eigenvalue weighted by Gasteiger charge is -2.23. The van der Waals surface area contributed by atoms with Crippen LogP contribution in [0, 0.1) is 13.8 Å². The fraction of sp³-hybridized carbons (Fsp3) is 0.500. The first-order valence-corrected chi connectivity index (χ1v) is 9.70. The molecular formula is C24H34O2. The maximum absolute atomic E-state index is 10.9. The van der Waals surface area contributed by atoms with Gasteiger partial charge >= 0.3 is 0 Å². The molecule has 0 aliphatic rings. The van der Waals surface area contributed by atoms with Gasteiger partial charge in [0, 0.05) is 6.42 Å². The van der Waals surface area contributed by atoms with Gasteiger partial charge in [0.25, 0.3) is 0 Å². The van der Waals surface area contributed by atoms with Crippen LogP contribution < -0.4 is 0 Å². The highest BCUT2D eigenvalue weighted by molar-refractivity contribution is 5.52. The molecule has 0 aliphatic heterocycles. The molecule has 0 fully saturated rings. The summed E-state index contributed by atoms with van der Waals surface area (Å²) in [4.78, 5) is 0. The number of aromatic hydroxyl groups is 2. The van der Waals surface area contributed by atoms with Crippen LogP contribution in [0.1, 0.15) is 86.8 Å². The Morgan fingerprint density at radius 3 is 1.96 bits per heavy atom. The minimum atomic E-state index is -0.125. The van der Waals surface area contributed by atoms with Gasteiger partial charge < -0.3 is 10.2 Å². The Bertz CT molecular complexity index is 782. The molecule has 0 spiro atoms. The number of hydrogen-bond acceptors (Lipinski definition) is 2. The fourth-order valence-electron chi connectivity index (χ4n) is 3.75. The van der Waals surface area contributed by atoms with Gasteiger partial charge in [-0.3, -0.25) is 0 Å². The molecule has 0 amide bonds. The molecule has 0 bridgehead atoms. The summed E-state index contributed by atoms with van der Waals surface area (Å²) in [5, 5.41) is 21.7. The molecule has 0 heterocycles. The zero-order valence-electron chi connectivity index (χ0n) is 17.4. The molecule has 0 saturated heterocycles. The Morgan fingerprint density at radius 1 is 0.885 bits per heavy atom. The third-order valence-corrected chi connectivity index (χ3v) is 5.14. The monoisotopic (exact) mass is 354 g/mol. The van der Waals surface area contributed by atoms with Crippen LogP contribution in [-0.4, -0.2) is 10.2 Å². The summed E-state index contributed by atoms with van der Waals surface area (Å²) < 4.78 is 0. The quantitative estimate of drug-likeness (QED) is 0.643. The van der Waals surface area contributed by atoms with Gasteiger partial charge in [0.15, 0.2) is 0 Å². The van der Waals surface area contributed by atoms with Crippen LogP contribution in [0.15, 0.2) is 24.3 Å². The van der Waals surface area contributed by atoms with Gasteiger partial charge in [-0.05, 0) is 53.9 Å². The van der Waals surface area contributed by atoms with Gasteiger partial charge in [-0.2, -0.15) is 0 Å². The first-order chi connectivity index (χ1) is 12.0. The minimum absolute atomic E-state index is 0.125. The largest absolute Gasteiger partial charge is 0.507 e. The van der Waals surface area contributed by atoms with Gasteiger partial charge in [0.1, 0.15) is 11.5 Å². The van der Waals surface area contributed by atoms with Crippen molar-refractivity contribution in [3.05, 3.63) is 57.6 Å². The standard InChI is InChI=1S/C24H34O2/c1-8-9-17(4)20-12-15(2)10-18(22(20)25)14-19-11-16(3)13-21(23(19)26)24(5,6)7/h10-13,17,25-26H,8-9,14H2,1-7H3. The Labute approximate surface area is 158 Å². The zero-order chi connectivity index (χ0) is 19.6. The van der Waals surface area contributed by atoms with Gasteiger partial charge in [0.05, 0.1) is 0 Å². The second-order valence-electron chi connectivity index (χ2n) is 8.80. The predicted octanol–water partition coefficient (Wildman–Crippen LogP) is 6.51. The smallest absolute Gasteiger partial charge is 0.122 e. The number of hydrogen-bond donors (Lipinski definition) is 2. The van der Waals surface area contributed by atoms with Crippen LogP contribution in [0.25, 0.3) is 0 Å². The fourth-order valence-corrected chi connectivity index (χ4v) is 3.75. The molecule has 26 heavy (non-hydrogen) atoms. The molecule has 2 aromatic rings. The Morgan fingerprint density at radius 2 is 1.42 bits per heavy atom. The number of aryl methyl sites for hydroxylation is 2. The zero-order valence-corrected chi connectivity index (χ0v) is 17.4. The van der Waals surface area contributed by atoms with Crippen molar-refractivity contribution in [3.8, 4) is 11.5 Å². The van der Waals surface area contributed by atoms with E-state index in [0.29, 0.717) is 23.8 Å². The summed E-state index contributed by atoms with van der Waals surface area (Å²) >= 11 is 0. The van der Waals surface area contributed by atoms with Crippen molar-refractivity contribution in [2.45, 2.75) is 79.1 Å². The molecule has 142 valence electrons. The summed E-state index contributed by atoms with van der Waals surface area (Å²) in [5.41, 5.74) is 5.91. The van der Waals surface area contributed by atoms with Crippen molar-refractivity contribution < 1.29 is 10.2 Å². The number of benzene rings is 2. The number of phenolic OH excluding ortho intramolecular Hbond substituents is 2. The maximum Gasteiger partial charge on any atom is 0.122 e. The average molecular weight is 355 g/mol. The Balaban J connectivity index is 2.51. The van der Waals surface area contributed by atoms with E-state index in [4.69, 9.17) is 0 Å². The van der Waals surface area contributed by atoms with Crippen LogP contribution in [0.4, 0.5) is 0 Å². The van der Waals surface area contributed by atoms with Crippen LogP contribution in [0.3, 0.4) is 0 Å². The van der Waals surface area contributed by atoms with Crippen molar-refractivity contribution in [2.24, 2.45) is 0 Å². The van der Waals surface area contributed by atoms with Crippen LogP contribution in [0.2, 0.25) is 0 Å². The number of rotatable bonds is 5. The van der Waals surface area contributed by atoms with Crippen LogP contribution >= 0.6 is 0 Å². The highest BCUT2D eigenvalue weighted by atomic mass is 16.3. The molecule has 0 aliphatic carbocycles. The highest BCUT2D eigenvalue weighted by Gasteiger charge is 2.22. The molecule has 0 saturated carbocycles. The van der Waals surface area contributed by atoms with E-state index in [0.717, 1.165) is 46.2 Å². The third kappa shape index (κ3) is 4.41. The lowest BCUT2D eigenvalue weighted by atomic mass is 9.83. The van der Waals surface area contributed by atoms with E-state index in [1.807, 2.05) is 12.1 Å². The minimum Gasteiger partial charge on any atom is -0.507 e. The van der Waals surface area contributed by atoms with E-state index in [1.54, 1.807) is 0 Å². The highest BCUT2D eigenvalue weighted by Crippen LogP contribution is 2.38. The van der Waals surface area contributed by atoms with Gasteiger partial charge in [-0.15, -0.1) is 0 Å². The van der Waals surface area contributed by atoms with Gasteiger partial charge in [-0.1, -0.05) is 76.4 Å². The summed E-state index contributed by atoms with van der Waals surface area (Å²) in [6, 6.07) is 8.22. The molecule has 2 rings (SSSR count). The first kappa shape index (κ1) is 20.4. The lowest BCUT2D eigenvalue weighted by molar-refractivity contribution is 0.438. The molecule has 1 unspecified atom stereocenters. The van der Waals surface area contributed by atoms with E-state index in [2.05, 4.69) is 60.6 Å². The summed E-state index contributed by atoms with van der Waals surface area (Å²) in [7, 11) is 0. The lowest BCUT2D eigenvalue weighted by Crippen LogP contribution is -2.12. The van der Waals surface area contributed by atoms with Crippen molar-refractivity contribution >= 4 is 0 Å². The van der Waals surface area contributed by atoms with Crippen molar-refractivity contribution in [2.75, 3.05) is 0 Å². The topological polar surface area (TPSA) is 40.5 Å². The number of phenols is 2. The maximum atomic E-state index is 10.9. The second kappa shape index (κ2) is 7.73. The van der Waals surface area contributed by atoms with E-state index in [-0.39, 0.29) is 5.41 Å². The molecule has 1 atom stereocenters. The summed E-state index contributed by atoms with van der Waals surface area (Å²) in [6.45, 7) is 14.8. The summed E-state index contributed by atoms with van der Waals surface area (Å²) in [5.74, 6) is 1.07. The van der Waals surface area contributed by atoms with E-state index < -0.39 is 0 Å². The molecule has 2 nitrogen and oxygen atoms in total. The molecule has 2 heteroatoms. The van der Waals surface area contributed by atoms with Crippen LogP contribution in [-0.2, 0) is 11.8 Å². The first-order valence-electron chi connectivity index (χ1n) is 9.70. The van der Waals surface area contributed by atoms with E-state index in [1.165, 1.54) is 0 Å². The molecule has 2 N–H and O–H groups in total. The van der Waals surface area contributed by atoms with Gasteiger partial charge in [-0.25, -0.2) is 0 Å². The molecule has 0 aromatic heterocycles. The summed E-state index contributed by atoms with van der Waals surface area (Å²) in [6.07, 6.45) is 2.69. The third-order valence-electron chi connectivity index (χ3n) is 5.14. The molecular weight excluding hydrogens is 320 g/mol. The van der Waals surface area contributed by atoms with E-state index in [9.17, 15) is 10.2 Å². The van der Waals surface area contributed by atoms with Crippen molar-refractivity contribution in [3.63, 3.8) is 0 Å². The SMILES string of the molecule is CCCC(C)c1cc(C)cc(Cc2cc(C)cc(C(C)(C)C)c2O)c1O.